The minimum atomic E-state index is -4.69. The molecular formula is C29H28N2O7S. The van der Waals surface area contributed by atoms with E-state index in [-0.39, 0.29) is 38.4 Å². The third kappa shape index (κ3) is 4.15. The molecule has 39 heavy (non-hydrogen) atoms. The van der Waals surface area contributed by atoms with Crippen LogP contribution in [0.4, 0.5) is 5.69 Å². The fourth-order valence-electron chi connectivity index (χ4n) is 5.24. The first-order valence-electron chi connectivity index (χ1n) is 12.4. The molecule has 0 atom stereocenters. The van der Waals surface area contributed by atoms with Gasteiger partial charge in [0.25, 0.3) is 33.7 Å². The van der Waals surface area contributed by atoms with Gasteiger partial charge in [0.1, 0.15) is 0 Å². The van der Waals surface area contributed by atoms with Gasteiger partial charge in [0.15, 0.2) is 5.88 Å². The van der Waals surface area contributed by atoms with Crippen molar-refractivity contribution in [2.24, 2.45) is 0 Å². The molecule has 2 aliphatic heterocycles. The van der Waals surface area contributed by atoms with Crippen LogP contribution in [-0.2, 0) is 20.9 Å². The zero-order chi connectivity index (χ0) is 28.8. The molecule has 0 bridgehead atoms. The second-order valence-electron chi connectivity index (χ2n) is 12.0. The summed E-state index contributed by atoms with van der Waals surface area (Å²) < 4.78 is 32.2. The monoisotopic (exact) mass is 548 g/mol. The lowest BCUT2D eigenvalue weighted by molar-refractivity contribution is 0.0632. The molecule has 0 aliphatic carbocycles. The Morgan fingerprint density at radius 2 is 1.10 bits per heavy atom. The number of amides is 4. The van der Waals surface area contributed by atoms with Gasteiger partial charge >= 0.3 is 0 Å². The molecule has 0 unspecified atom stereocenters. The number of benzene rings is 3. The van der Waals surface area contributed by atoms with E-state index in [0.29, 0.717) is 10.6 Å². The maximum absolute atomic E-state index is 14.0. The summed E-state index contributed by atoms with van der Waals surface area (Å²) in [6, 6.07) is 11.3. The smallest absolute Gasteiger partial charge is 0.283 e. The lowest BCUT2D eigenvalue weighted by atomic mass is 9.80. The quantitative estimate of drug-likeness (QED) is 0.372. The van der Waals surface area contributed by atoms with Gasteiger partial charge in [-0.15, -0.1) is 0 Å². The zero-order valence-electron chi connectivity index (χ0n) is 22.4. The van der Waals surface area contributed by atoms with Crippen LogP contribution >= 0.6 is 0 Å². The molecule has 5 rings (SSSR count). The number of carbonyl (C=O) groups is 4. The molecule has 9 nitrogen and oxygen atoms in total. The van der Waals surface area contributed by atoms with E-state index in [9.17, 15) is 32.1 Å². The Kier molecular flexibility index (Phi) is 5.69. The van der Waals surface area contributed by atoms with E-state index in [0.717, 1.165) is 16.0 Å². The van der Waals surface area contributed by atoms with Crippen LogP contribution in [0.25, 0.3) is 10.8 Å². The molecule has 0 spiro atoms. The molecule has 2 heterocycles. The van der Waals surface area contributed by atoms with Crippen LogP contribution in [0.3, 0.4) is 0 Å². The summed E-state index contributed by atoms with van der Waals surface area (Å²) in [5.74, 6) is -4.27. The van der Waals surface area contributed by atoms with Gasteiger partial charge in [0.05, 0.1) is 5.69 Å². The highest BCUT2D eigenvalue weighted by molar-refractivity contribution is 7.85. The van der Waals surface area contributed by atoms with Crippen molar-refractivity contribution in [1.82, 2.24) is 4.90 Å². The summed E-state index contributed by atoms with van der Waals surface area (Å²) in [7, 11) is -4.69. The molecular weight excluding hydrogens is 520 g/mol. The van der Waals surface area contributed by atoms with Crippen molar-refractivity contribution in [3.8, 4) is 0 Å². The molecule has 0 fully saturated rings. The van der Waals surface area contributed by atoms with Crippen molar-refractivity contribution in [1.29, 1.82) is 0 Å². The number of imide groups is 2. The molecule has 10 heteroatoms. The molecule has 3 aromatic carbocycles. The Morgan fingerprint density at radius 1 is 0.667 bits per heavy atom. The number of hydrogen-bond acceptors (Lipinski definition) is 6. The van der Waals surface area contributed by atoms with Crippen LogP contribution in [0.15, 0.2) is 42.5 Å². The maximum Gasteiger partial charge on any atom is 0.283 e. The van der Waals surface area contributed by atoms with Crippen LogP contribution in [-0.4, -0.2) is 47.4 Å². The summed E-state index contributed by atoms with van der Waals surface area (Å²) in [6.45, 7) is 12.1. The third-order valence-electron chi connectivity index (χ3n) is 7.18. The lowest BCUT2D eigenvalue weighted by Crippen LogP contribution is -2.45. The summed E-state index contributed by atoms with van der Waals surface area (Å²) in [5, 5.41) is 0.293. The van der Waals surface area contributed by atoms with E-state index in [2.05, 4.69) is 0 Å². The predicted octanol–water partition coefficient (Wildman–Crippen LogP) is 4.68. The molecule has 0 saturated carbocycles. The molecule has 0 saturated heterocycles. The topological polar surface area (TPSA) is 129 Å². The fourth-order valence-corrected chi connectivity index (χ4v) is 5.80. The Balaban J connectivity index is 1.74. The molecule has 0 radical (unpaired) electrons. The van der Waals surface area contributed by atoms with E-state index in [4.69, 9.17) is 0 Å². The Bertz CT molecular complexity index is 1690. The number of rotatable bonds is 3. The number of nitrogens with zero attached hydrogens (tertiary/aromatic N) is 2. The normalized spacial score (nSPS) is 16.0. The first-order chi connectivity index (χ1) is 17.9. The summed E-state index contributed by atoms with van der Waals surface area (Å²) in [4.78, 5) is 55.8. The Morgan fingerprint density at radius 3 is 1.49 bits per heavy atom. The second kappa shape index (κ2) is 8.30. The third-order valence-corrected chi connectivity index (χ3v) is 7.77. The second-order valence-corrected chi connectivity index (χ2v) is 13.4. The molecule has 4 amide bonds. The van der Waals surface area contributed by atoms with Gasteiger partial charge in [-0.1, -0.05) is 53.7 Å². The van der Waals surface area contributed by atoms with Crippen molar-refractivity contribution in [2.75, 3.05) is 10.8 Å². The number of hydrogen-bond donors (Lipinski definition) is 1. The lowest BCUT2D eigenvalue weighted by Gasteiger charge is -2.35. The first kappa shape index (κ1) is 26.7. The summed E-state index contributed by atoms with van der Waals surface area (Å²) in [5.41, 5.74) is 1.79. The molecule has 202 valence electrons. The van der Waals surface area contributed by atoms with E-state index >= 15 is 0 Å². The van der Waals surface area contributed by atoms with E-state index in [1.165, 1.54) is 24.3 Å². The molecule has 2 aliphatic rings. The summed E-state index contributed by atoms with van der Waals surface area (Å²) >= 11 is 0. The standard InChI is InChI=1S/C29H28N2O7S/c1-28(2,3)15-7-12-20(29(4,5)6)21(13-15)31-26(34)18-10-8-16-22-17(9-11-19(23(18)22)27(31)35)25(33)30(24(16)32)14-39(36,37)38/h7-13H,14H2,1-6H3,(H,36,37,38). The number of carbonyl (C=O) groups excluding carboxylic acids is 4. The van der Waals surface area contributed by atoms with Crippen molar-refractivity contribution in [3.05, 3.63) is 75.8 Å². The van der Waals surface area contributed by atoms with Crippen molar-refractivity contribution in [3.63, 3.8) is 0 Å². The van der Waals surface area contributed by atoms with Crippen LogP contribution in [0.2, 0.25) is 0 Å². The molecule has 3 aromatic rings. The predicted molar refractivity (Wildman–Crippen MR) is 146 cm³/mol. The van der Waals surface area contributed by atoms with Crippen LogP contribution in [0.5, 0.6) is 0 Å². The first-order valence-corrected chi connectivity index (χ1v) is 14.0. The van der Waals surface area contributed by atoms with Gasteiger partial charge in [-0.3, -0.25) is 28.6 Å². The highest BCUT2D eigenvalue weighted by Crippen LogP contribution is 2.42. The van der Waals surface area contributed by atoms with Crippen molar-refractivity contribution >= 4 is 50.2 Å². The summed E-state index contributed by atoms with van der Waals surface area (Å²) in [6.07, 6.45) is 0. The maximum atomic E-state index is 14.0. The van der Waals surface area contributed by atoms with E-state index in [1.807, 2.05) is 59.7 Å². The minimum Gasteiger partial charge on any atom is -0.284 e. The van der Waals surface area contributed by atoms with Crippen LogP contribution < -0.4 is 4.90 Å². The van der Waals surface area contributed by atoms with Gasteiger partial charge in [0, 0.05) is 33.0 Å². The SMILES string of the molecule is CC(C)(C)c1ccc(C(C)(C)C)c(N2C(=O)c3ccc4c5c(ccc(c35)C2=O)C(=O)N(CS(=O)(=O)O)C4=O)c1. The van der Waals surface area contributed by atoms with Gasteiger partial charge in [-0.25, -0.2) is 4.90 Å². The highest BCUT2D eigenvalue weighted by Gasteiger charge is 2.42. The van der Waals surface area contributed by atoms with E-state index in [1.54, 1.807) is 0 Å². The van der Waals surface area contributed by atoms with Gasteiger partial charge in [0.2, 0.25) is 0 Å². The average Bonchev–Trinajstić information content (AvgIpc) is 2.82. The van der Waals surface area contributed by atoms with Crippen molar-refractivity contribution < 1.29 is 32.1 Å². The fraction of sp³-hybridized carbons (Fsp3) is 0.310. The highest BCUT2D eigenvalue weighted by atomic mass is 32.2. The number of anilines is 1. The van der Waals surface area contributed by atoms with Crippen LogP contribution in [0, 0.1) is 0 Å². The largest absolute Gasteiger partial charge is 0.284 e. The zero-order valence-corrected chi connectivity index (χ0v) is 23.3. The van der Waals surface area contributed by atoms with E-state index < -0.39 is 45.0 Å². The Hall–Kier alpha value is -3.89. The van der Waals surface area contributed by atoms with Crippen LogP contribution in [0.1, 0.15) is 94.1 Å². The average molecular weight is 549 g/mol. The molecule has 1 N–H and O–H groups in total. The Labute approximate surface area is 226 Å². The van der Waals surface area contributed by atoms with Gasteiger partial charge in [-0.05, 0) is 52.3 Å². The molecule has 0 aromatic heterocycles. The minimum absolute atomic E-state index is 0.0342. The van der Waals surface area contributed by atoms with Crippen molar-refractivity contribution in [2.45, 2.75) is 52.4 Å². The van der Waals surface area contributed by atoms with Gasteiger partial charge in [-0.2, -0.15) is 8.42 Å². The van der Waals surface area contributed by atoms with Gasteiger partial charge < -0.3 is 0 Å².